The molecule has 2 aromatic heterocycles. The molecule has 2 unspecified atom stereocenters. The van der Waals surface area contributed by atoms with Gasteiger partial charge >= 0.3 is 0 Å². The molecule has 4 aromatic rings. The van der Waals surface area contributed by atoms with Crippen LogP contribution in [0.15, 0.2) is 66.9 Å². The Hall–Kier alpha value is -3.64. The summed E-state index contributed by atoms with van der Waals surface area (Å²) in [4.78, 5) is 30.6. The second-order valence-corrected chi connectivity index (χ2v) is 9.71. The van der Waals surface area contributed by atoms with E-state index in [1.807, 2.05) is 55.1 Å². The van der Waals surface area contributed by atoms with E-state index in [9.17, 15) is 14.7 Å². The number of benzene rings is 2. The number of hydrogen-bond donors (Lipinski definition) is 1. The third-order valence-corrected chi connectivity index (χ3v) is 7.10. The molecule has 1 fully saturated rings. The fraction of sp³-hybridized carbons (Fsp3) is 0.310. The number of ketones is 2. The van der Waals surface area contributed by atoms with Gasteiger partial charge in [0.05, 0.1) is 5.52 Å². The summed E-state index contributed by atoms with van der Waals surface area (Å²) in [7, 11) is 1.90. The Balaban J connectivity index is 1.38. The molecule has 0 spiro atoms. The third-order valence-electron chi connectivity index (χ3n) is 7.10. The SMILES string of the molecule is Cc1cc(-c2nn(C)c3ccc(C(=O)CC4CCCC(O)(C(=O)c5ccccc5)C4)cc23)ccn1. The monoisotopic (exact) mass is 467 g/mol. The minimum absolute atomic E-state index is 0.0222. The van der Waals surface area contributed by atoms with Crippen molar-refractivity contribution in [2.24, 2.45) is 13.0 Å². The summed E-state index contributed by atoms with van der Waals surface area (Å²) in [6, 6.07) is 18.5. The van der Waals surface area contributed by atoms with Gasteiger partial charge in [-0.1, -0.05) is 30.3 Å². The Morgan fingerprint density at radius 3 is 2.66 bits per heavy atom. The van der Waals surface area contributed by atoms with Crippen LogP contribution in [0.3, 0.4) is 0 Å². The highest BCUT2D eigenvalue weighted by Crippen LogP contribution is 2.37. The van der Waals surface area contributed by atoms with Crippen molar-refractivity contribution in [2.75, 3.05) is 0 Å². The van der Waals surface area contributed by atoms with Crippen molar-refractivity contribution in [3.8, 4) is 11.3 Å². The number of nitrogens with zero attached hydrogens (tertiary/aromatic N) is 3. The molecular formula is C29H29N3O3. The van der Waals surface area contributed by atoms with E-state index in [0.29, 0.717) is 30.4 Å². The van der Waals surface area contributed by atoms with Crippen molar-refractivity contribution in [2.45, 2.75) is 44.6 Å². The second-order valence-electron chi connectivity index (χ2n) is 9.71. The summed E-state index contributed by atoms with van der Waals surface area (Å²) in [6.45, 7) is 1.94. The summed E-state index contributed by atoms with van der Waals surface area (Å²) < 4.78 is 1.82. The first-order chi connectivity index (χ1) is 16.8. The van der Waals surface area contributed by atoms with Gasteiger partial charge in [-0.2, -0.15) is 5.10 Å². The summed E-state index contributed by atoms with van der Waals surface area (Å²) in [5.74, 6) is -0.265. The van der Waals surface area contributed by atoms with Crippen LogP contribution in [0.25, 0.3) is 22.2 Å². The summed E-state index contributed by atoms with van der Waals surface area (Å²) in [5, 5.41) is 16.8. The Kier molecular flexibility index (Phi) is 6.07. The Morgan fingerprint density at radius 1 is 1.09 bits per heavy atom. The lowest BCUT2D eigenvalue weighted by molar-refractivity contribution is -0.00252. The molecule has 0 bridgehead atoms. The van der Waals surface area contributed by atoms with Gasteiger partial charge in [0, 0.05) is 47.4 Å². The van der Waals surface area contributed by atoms with Crippen LogP contribution in [0, 0.1) is 12.8 Å². The molecule has 6 nitrogen and oxygen atoms in total. The highest BCUT2D eigenvalue weighted by Gasteiger charge is 2.41. The molecule has 0 aliphatic heterocycles. The molecule has 35 heavy (non-hydrogen) atoms. The molecule has 1 aliphatic rings. The summed E-state index contributed by atoms with van der Waals surface area (Å²) >= 11 is 0. The van der Waals surface area contributed by atoms with Gasteiger partial charge < -0.3 is 5.11 Å². The quantitative estimate of drug-likeness (QED) is 0.388. The summed E-state index contributed by atoms with van der Waals surface area (Å²) in [5.41, 5.74) is 3.37. The maximum absolute atomic E-state index is 13.3. The molecule has 178 valence electrons. The predicted octanol–water partition coefficient (Wildman–Crippen LogP) is 5.32. The van der Waals surface area contributed by atoms with Gasteiger partial charge in [0.2, 0.25) is 0 Å². The molecule has 0 radical (unpaired) electrons. The van der Waals surface area contributed by atoms with Gasteiger partial charge in [-0.15, -0.1) is 0 Å². The first-order valence-electron chi connectivity index (χ1n) is 12.1. The van der Waals surface area contributed by atoms with Gasteiger partial charge in [-0.3, -0.25) is 19.3 Å². The molecule has 5 rings (SSSR count). The average Bonchev–Trinajstić information content (AvgIpc) is 3.20. The number of carbonyl (C=O) groups excluding carboxylic acids is 2. The van der Waals surface area contributed by atoms with Crippen LogP contribution in [0.5, 0.6) is 0 Å². The standard InChI is InChI=1S/C29H29N3O3/c1-19-15-23(12-14-30-19)27-24-17-22(10-11-25(24)32(2)31-27)26(33)16-20-7-6-13-29(35,18-20)28(34)21-8-4-3-5-9-21/h3-5,8-12,14-15,17,20,35H,6-7,13,16,18H2,1-2H3. The number of Topliss-reactive ketones (excluding diaryl/α,β-unsaturated/α-hetero) is 2. The van der Waals surface area contributed by atoms with Crippen molar-refractivity contribution < 1.29 is 14.7 Å². The van der Waals surface area contributed by atoms with Crippen molar-refractivity contribution in [3.63, 3.8) is 0 Å². The van der Waals surface area contributed by atoms with Crippen molar-refractivity contribution in [3.05, 3.63) is 83.7 Å². The van der Waals surface area contributed by atoms with Crippen LogP contribution in [0.4, 0.5) is 0 Å². The molecule has 0 saturated heterocycles. The minimum Gasteiger partial charge on any atom is -0.382 e. The molecule has 6 heteroatoms. The largest absolute Gasteiger partial charge is 0.382 e. The number of pyridine rings is 1. The van der Waals surface area contributed by atoms with Crippen LogP contribution >= 0.6 is 0 Å². The number of rotatable bonds is 6. The first kappa shape index (κ1) is 23.1. The third kappa shape index (κ3) is 4.54. The van der Waals surface area contributed by atoms with E-state index in [2.05, 4.69) is 4.98 Å². The van der Waals surface area contributed by atoms with E-state index in [1.165, 1.54) is 0 Å². The van der Waals surface area contributed by atoms with Gasteiger partial charge in [0.25, 0.3) is 0 Å². The smallest absolute Gasteiger partial charge is 0.194 e. The fourth-order valence-electron chi connectivity index (χ4n) is 5.33. The van der Waals surface area contributed by atoms with E-state index >= 15 is 0 Å². The van der Waals surface area contributed by atoms with Gasteiger partial charge in [-0.25, -0.2) is 0 Å². The molecule has 2 atom stereocenters. The predicted molar refractivity (Wildman–Crippen MR) is 135 cm³/mol. The molecule has 1 aliphatic carbocycles. The Morgan fingerprint density at radius 2 is 1.89 bits per heavy atom. The number of fused-ring (bicyclic) bond motifs is 1. The first-order valence-corrected chi connectivity index (χ1v) is 12.1. The van der Waals surface area contributed by atoms with Crippen LogP contribution in [-0.4, -0.2) is 37.0 Å². The number of aliphatic hydroxyl groups is 1. The molecular weight excluding hydrogens is 438 g/mol. The number of aryl methyl sites for hydroxylation is 2. The average molecular weight is 468 g/mol. The van der Waals surface area contributed by atoms with Crippen LogP contribution in [0.2, 0.25) is 0 Å². The highest BCUT2D eigenvalue weighted by atomic mass is 16.3. The molecule has 0 amide bonds. The maximum atomic E-state index is 13.3. The van der Waals surface area contributed by atoms with Crippen LogP contribution < -0.4 is 0 Å². The molecule has 2 heterocycles. The van der Waals surface area contributed by atoms with Crippen molar-refractivity contribution >= 4 is 22.5 Å². The fourth-order valence-corrected chi connectivity index (χ4v) is 5.33. The maximum Gasteiger partial charge on any atom is 0.194 e. The zero-order valence-electron chi connectivity index (χ0n) is 20.1. The van der Waals surface area contributed by atoms with Crippen LogP contribution in [-0.2, 0) is 7.05 Å². The zero-order chi connectivity index (χ0) is 24.6. The highest BCUT2D eigenvalue weighted by molar-refractivity contribution is 6.04. The Labute approximate surface area is 204 Å². The lowest BCUT2D eigenvalue weighted by Gasteiger charge is -2.35. The topological polar surface area (TPSA) is 85.1 Å². The second kappa shape index (κ2) is 9.19. The zero-order valence-corrected chi connectivity index (χ0v) is 20.1. The van der Waals surface area contributed by atoms with Crippen molar-refractivity contribution in [1.82, 2.24) is 14.8 Å². The summed E-state index contributed by atoms with van der Waals surface area (Å²) in [6.07, 6.45) is 4.36. The van der Waals surface area contributed by atoms with Gasteiger partial charge in [0.1, 0.15) is 11.3 Å². The number of aromatic nitrogens is 3. The lowest BCUT2D eigenvalue weighted by atomic mass is 9.72. The minimum atomic E-state index is -1.41. The van der Waals surface area contributed by atoms with E-state index in [1.54, 1.807) is 30.5 Å². The Bertz CT molecular complexity index is 1410. The number of hydrogen-bond acceptors (Lipinski definition) is 5. The number of carbonyl (C=O) groups is 2. The van der Waals surface area contributed by atoms with Crippen LogP contribution in [0.1, 0.15) is 58.5 Å². The van der Waals surface area contributed by atoms with Gasteiger partial charge in [0.15, 0.2) is 11.6 Å². The van der Waals surface area contributed by atoms with Gasteiger partial charge in [-0.05, 0) is 68.9 Å². The molecule has 2 aromatic carbocycles. The van der Waals surface area contributed by atoms with E-state index in [-0.39, 0.29) is 17.5 Å². The molecule has 1 saturated carbocycles. The van der Waals surface area contributed by atoms with E-state index in [4.69, 9.17) is 5.10 Å². The van der Waals surface area contributed by atoms with Crippen molar-refractivity contribution in [1.29, 1.82) is 0 Å². The normalized spacial score (nSPS) is 20.1. The molecule has 1 N–H and O–H groups in total. The van der Waals surface area contributed by atoms with E-state index < -0.39 is 5.60 Å². The lowest BCUT2D eigenvalue weighted by Crippen LogP contribution is -2.43. The van der Waals surface area contributed by atoms with E-state index in [0.717, 1.165) is 40.7 Å².